The molecule has 0 amide bonds. The van der Waals surface area contributed by atoms with Crippen LogP contribution in [0.15, 0.2) is 72.9 Å². The van der Waals surface area contributed by atoms with E-state index in [2.05, 4.69) is 54.8 Å². The Hall–Kier alpha value is -2.63. The number of allylic oxidation sites excluding steroid dienone is 10. The number of phosphoric ester groups is 1. The van der Waals surface area contributed by atoms with Crippen molar-refractivity contribution in [2.24, 2.45) is 0 Å². The number of hydrogen-bond donors (Lipinski definition) is 4. The fourth-order valence-electron chi connectivity index (χ4n) is 5.22. The SMILES string of the molecule is CC/C=C\C/C=C\C/C=C\C/C=C\C=C/C(O)C/C=C\CCC(=O)OC[C@H](COP(=O)(O)OC[C@@H](O)CO)OC(=O)CCCCCCCCCCCCCCC. The van der Waals surface area contributed by atoms with Crippen molar-refractivity contribution in [3.05, 3.63) is 72.9 Å². The molecule has 0 radical (unpaired) electrons. The molecule has 0 aromatic carbocycles. The average Bonchev–Trinajstić information content (AvgIpc) is 3.18. The number of carbonyl (C=O) groups excluding carboxylic acids is 2. The minimum absolute atomic E-state index is 0.0333. The van der Waals surface area contributed by atoms with E-state index in [9.17, 15) is 29.3 Å². The van der Waals surface area contributed by atoms with Gasteiger partial charge in [-0.2, -0.15) is 0 Å². The number of aliphatic hydroxyl groups is 3. The predicted molar refractivity (Wildman–Crippen MR) is 225 cm³/mol. The topological polar surface area (TPSA) is 169 Å². The maximum Gasteiger partial charge on any atom is 0.472 e. The number of carbonyl (C=O) groups is 2. The van der Waals surface area contributed by atoms with E-state index in [1.165, 1.54) is 57.8 Å². The van der Waals surface area contributed by atoms with E-state index in [0.717, 1.165) is 44.9 Å². The Kier molecular flexibility index (Phi) is 37.4. The van der Waals surface area contributed by atoms with Crippen molar-refractivity contribution in [3.8, 4) is 0 Å². The third kappa shape index (κ3) is 38.3. The first kappa shape index (κ1) is 53.4. The van der Waals surface area contributed by atoms with Crippen LogP contribution in [0.25, 0.3) is 0 Å². The monoisotopic (exact) mass is 811 g/mol. The van der Waals surface area contributed by atoms with Gasteiger partial charge in [-0.1, -0.05) is 164 Å². The van der Waals surface area contributed by atoms with Crippen molar-refractivity contribution < 1.29 is 52.9 Å². The Morgan fingerprint density at radius 3 is 1.77 bits per heavy atom. The molecular weight excluding hydrogens is 735 g/mol. The Bertz CT molecular complexity index is 1180. The van der Waals surface area contributed by atoms with Crippen LogP contribution < -0.4 is 0 Å². The summed E-state index contributed by atoms with van der Waals surface area (Å²) >= 11 is 0. The van der Waals surface area contributed by atoms with E-state index in [0.29, 0.717) is 19.3 Å². The number of esters is 2. The van der Waals surface area contributed by atoms with E-state index >= 15 is 0 Å². The van der Waals surface area contributed by atoms with Gasteiger partial charge in [0.1, 0.15) is 12.7 Å². The lowest BCUT2D eigenvalue weighted by Crippen LogP contribution is -2.29. The summed E-state index contributed by atoms with van der Waals surface area (Å²) in [7, 11) is -4.66. The zero-order valence-corrected chi connectivity index (χ0v) is 35.3. The Balaban J connectivity index is 4.53. The molecule has 56 heavy (non-hydrogen) atoms. The molecule has 0 aromatic heterocycles. The Labute approximate surface area is 338 Å². The quantitative estimate of drug-likeness (QED) is 0.0154. The zero-order chi connectivity index (χ0) is 41.4. The van der Waals surface area contributed by atoms with Gasteiger partial charge in [-0.15, -0.1) is 0 Å². The third-order valence-electron chi connectivity index (χ3n) is 8.47. The van der Waals surface area contributed by atoms with E-state index in [1.807, 2.05) is 12.2 Å². The summed E-state index contributed by atoms with van der Waals surface area (Å²) in [4.78, 5) is 34.9. The molecule has 12 heteroatoms. The lowest BCUT2D eigenvalue weighted by Gasteiger charge is -2.20. The van der Waals surface area contributed by atoms with Crippen LogP contribution in [0.4, 0.5) is 0 Å². The fourth-order valence-corrected chi connectivity index (χ4v) is 6.01. The van der Waals surface area contributed by atoms with Crippen LogP contribution in [0.1, 0.15) is 149 Å². The summed E-state index contributed by atoms with van der Waals surface area (Å²) in [5.41, 5.74) is 0. The molecule has 2 unspecified atom stereocenters. The molecule has 0 bridgehead atoms. The maximum atomic E-state index is 12.6. The first-order valence-electron chi connectivity index (χ1n) is 21.0. The number of phosphoric acid groups is 1. The van der Waals surface area contributed by atoms with Gasteiger partial charge in [0.05, 0.1) is 25.9 Å². The minimum atomic E-state index is -4.66. The molecule has 0 aliphatic heterocycles. The predicted octanol–water partition coefficient (Wildman–Crippen LogP) is 9.86. The van der Waals surface area contributed by atoms with E-state index in [1.54, 1.807) is 24.3 Å². The van der Waals surface area contributed by atoms with Crippen LogP contribution in [-0.4, -0.2) is 76.9 Å². The molecule has 0 aromatic rings. The molecule has 0 heterocycles. The average molecular weight is 811 g/mol. The second-order valence-corrected chi connectivity index (χ2v) is 15.3. The van der Waals surface area contributed by atoms with Gasteiger partial charge in [0.25, 0.3) is 0 Å². The van der Waals surface area contributed by atoms with Crippen LogP contribution in [-0.2, 0) is 32.7 Å². The van der Waals surface area contributed by atoms with Crippen molar-refractivity contribution in [1.29, 1.82) is 0 Å². The highest BCUT2D eigenvalue weighted by molar-refractivity contribution is 7.47. The van der Waals surface area contributed by atoms with Crippen molar-refractivity contribution in [1.82, 2.24) is 0 Å². The molecule has 0 aliphatic rings. The van der Waals surface area contributed by atoms with Crippen LogP contribution in [0.5, 0.6) is 0 Å². The van der Waals surface area contributed by atoms with Gasteiger partial charge in [-0.25, -0.2) is 4.57 Å². The molecule has 11 nitrogen and oxygen atoms in total. The van der Waals surface area contributed by atoms with Crippen molar-refractivity contribution in [2.45, 2.75) is 167 Å². The van der Waals surface area contributed by atoms with Crippen LogP contribution >= 0.6 is 7.82 Å². The van der Waals surface area contributed by atoms with E-state index in [-0.39, 0.29) is 12.8 Å². The molecule has 0 saturated carbocycles. The lowest BCUT2D eigenvalue weighted by molar-refractivity contribution is -0.161. The number of ether oxygens (including phenoxy) is 2. The van der Waals surface area contributed by atoms with Gasteiger partial charge in [-0.05, 0) is 44.9 Å². The normalized spacial score (nSPS) is 15.2. The van der Waals surface area contributed by atoms with Gasteiger partial charge in [0, 0.05) is 12.8 Å². The lowest BCUT2D eigenvalue weighted by atomic mass is 10.0. The summed E-state index contributed by atoms with van der Waals surface area (Å²) in [5, 5.41) is 28.5. The van der Waals surface area contributed by atoms with Crippen LogP contribution in [0, 0.1) is 0 Å². The first-order valence-corrected chi connectivity index (χ1v) is 22.5. The maximum absolute atomic E-state index is 12.6. The first-order chi connectivity index (χ1) is 27.1. The summed E-state index contributed by atoms with van der Waals surface area (Å²) in [5.74, 6) is -1.11. The third-order valence-corrected chi connectivity index (χ3v) is 9.42. The second kappa shape index (κ2) is 39.2. The molecule has 0 saturated heterocycles. The summed E-state index contributed by atoms with van der Waals surface area (Å²) in [6.45, 7) is 2.05. The molecule has 0 aliphatic carbocycles. The number of unbranched alkanes of at least 4 members (excludes halogenated alkanes) is 12. The van der Waals surface area contributed by atoms with Gasteiger partial charge in [0.15, 0.2) is 6.10 Å². The molecular formula is C44H75O11P. The number of rotatable bonds is 38. The zero-order valence-electron chi connectivity index (χ0n) is 34.4. The standard InChI is InChI=1S/C44H75O11P/c1-3-5-7-9-11-13-15-17-19-21-23-25-28-32-40(46)33-29-27-31-34-43(48)52-38-42(39-54-56(50,51)53-37-41(47)36-45)55-44(49)35-30-26-24-22-20-18-16-14-12-10-8-6-4-2/h5,7,11,13,17,19,23,25,27-29,32,40-42,45-47H,3-4,6,8-10,12,14-16,18,20-22,24,26,30-31,33-39H2,1-2H3,(H,50,51)/b7-5-,13-11-,19-17-,25-23-,29-27-,32-28-/t40?,41-,42+/m0/s1. The van der Waals surface area contributed by atoms with Crippen LogP contribution in [0.3, 0.4) is 0 Å². The highest BCUT2D eigenvalue weighted by Gasteiger charge is 2.27. The van der Waals surface area contributed by atoms with Gasteiger partial charge < -0.3 is 29.7 Å². The number of hydrogen-bond acceptors (Lipinski definition) is 10. The van der Waals surface area contributed by atoms with E-state index in [4.69, 9.17) is 19.1 Å². The van der Waals surface area contributed by atoms with Crippen molar-refractivity contribution in [3.63, 3.8) is 0 Å². The molecule has 0 rings (SSSR count). The van der Waals surface area contributed by atoms with E-state index < -0.39 is 64.5 Å². The van der Waals surface area contributed by atoms with Gasteiger partial charge in [0.2, 0.25) is 0 Å². The summed E-state index contributed by atoms with van der Waals surface area (Å²) in [6, 6.07) is 0. The Morgan fingerprint density at radius 2 is 1.18 bits per heavy atom. The number of aliphatic hydroxyl groups excluding tert-OH is 3. The van der Waals surface area contributed by atoms with Gasteiger partial charge >= 0.3 is 19.8 Å². The van der Waals surface area contributed by atoms with Crippen molar-refractivity contribution >= 4 is 19.8 Å². The highest BCUT2D eigenvalue weighted by atomic mass is 31.2. The molecule has 0 fully saturated rings. The summed E-state index contributed by atoms with van der Waals surface area (Å²) in [6.07, 6.45) is 40.4. The van der Waals surface area contributed by atoms with Crippen LogP contribution in [0.2, 0.25) is 0 Å². The Morgan fingerprint density at radius 1 is 0.625 bits per heavy atom. The smallest absolute Gasteiger partial charge is 0.462 e. The fraction of sp³-hybridized carbons (Fsp3) is 0.682. The molecule has 322 valence electrons. The second-order valence-electron chi connectivity index (χ2n) is 13.8. The van der Waals surface area contributed by atoms with Gasteiger partial charge in [-0.3, -0.25) is 18.6 Å². The van der Waals surface area contributed by atoms with Crippen molar-refractivity contribution in [2.75, 3.05) is 26.4 Å². The largest absolute Gasteiger partial charge is 0.472 e. The summed E-state index contributed by atoms with van der Waals surface area (Å²) < 4.78 is 32.5. The molecule has 4 atom stereocenters. The molecule has 4 N–H and O–H groups in total. The highest BCUT2D eigenvalue weighted by Crippen LogP contribution is 2.43. The minimum Gasteiger partial charge on any atom is -0.462 e. The molecule has 0 spiro atoms.